The summed E-state index contributed by atoms with van der Waals surface area (Å²) in [6.45, 7) is 3.25. The largest absolute Gasteiger partial charge is 0.298 e. The Morgan fingerprint density at radius 1 is 1.62 bits per heavy atom. The molecule has 0 saturated heterocycles. The fourth-order valence-electron chi connectivity index (χ4n) is 1.13. The highest BCUT2D eigenvalue weighted by molar-refractivity contribution is 9.10. The molecule has 0 fully saturated rings. The van der Waals surface area contributed by atoms with Crippen LogP contribution in [0.25, 0.3) is 0 Å². The normalized spacial score (nSPS) is 13.7. The highest BCUT2D eigenvalue weighted by Crippen LogP contribution is 2.27. The van der Waals surface area contributed by atoms with Crippen LogP contribution >= 0.6 is 27.3 Å². The summed E-state index contributed by atoms with van der Waals surface area (Å²) >= 11 is 4.26. The summed E-state index contributed by atoms with van der Waals surface area (Å²) in [5.41, 5.74) is 0. The highest BCUT2D eigenvalue weighted by Gasteiger charge is 2.23. The molecule has 0 spiro atoms. The summed E-state index contributed by atoms with van der Waals surface area (Å²) in [7, 11) is -3.60. The molecule has 7 heteroatoms. The van der Waals surface area contributed by atoms with E-state index in [0.29, 0.717) is 10.9 Å². The van der Waals surface area contributed by atoms with Crippen molar-refractivity contribution in [2.45, 2.75) is 30.5 Å². The monoisotopic (exact) mass is 325 g/mol. The third-order valence-corrected chi connectivity index (χ3v) is 6.20. The maximum absolute atomic E-state index is 11.9. The lowest BCUT2D eigenvalue weighted by atomic mass is 10.2. The molecule has 90 valence electrons. The van der Waals surface area contributed by atoms with Gasteiger partial charge in [0.25, 0.3) is 10.0 Å². The fourth-order valence-corrected chi connectivity index (χ4v) is 4.71. The van der Waals surface area contributed by atoms with E-state index >= 15 is 0 Å². The Morgan fingerprint density at radius 3 is 2.69 bits per heavy atom. The SMILES string of the molecule is CCC(=O)C(C)NS(=O)(=O)c1sccc1Br. The van der Waals surface area contributed by atoms with Crippen LogP contribution in [0.3, 0.4) is 0 Å². The van der Waals surface area contributed by atoms with Crippen LogP contribution in [-0.4, -0.2) is 20.2 Å². The van der Waals surface area contributed by atoms with Crippen LogP contribution < -0.4 is 4.72 Å². The van der Waals surface area contributed by atoms with Crippen molar-refractivity contribution in [1.29, 1.82) is 0 Å². The second-order valence-corrected chi connectivity index (χ2v) is 6.90. The quantitative estimate of drug-likeness (QED) is 0.902. The van der Waals surface area contributed by atoms with Gasteiger partial charge in [-0.3, -0.25) is 4.79 Å². The molecule has 0 aromatic carbocycles. The molecule has 1 aromatic heterocycles. The topological polar surface area (TPSA) is 63.2 Å². The van der Waals surface area contributed by atoms with Crippen LogP contribution in [0.4, 0.5) is 0 Å². The van der Waals surface area contributed by atoms with Crippen molar-refractivity contribution in [3.05, 3.63) is 15.9 Å². The minimum atomic E-state index is -3.60. The van der Waals surface area contributed by atoms with Crippen molar-refractivity contribution < 1.29 is 13.2 Å². The summed E-state index contributed by atoms with van der Waals surface area (Å²) < 4.78 is 26.8. The van der Waals surface area contributed by atoms with Crippen molar-refractivity contribution in [2.24, 2.45) is 0 Å². The number of sulfonamides is 1. The molecule has 0 aliphatic rings. The minimum absolute atomic E-state index is 0.128. The Labute approximate surface area is 107 Å². The first-order valence-corrected chi connectivity index (χ1v) is 7.82. The number of carbonyl (C=O) groups excluding carboxylic acids is 1. The zero-order valence-electron chi connectivity index (χ0n) is 8.86. The highest BCUT2D eigenvalue weighted by atomic mass is 79.9. The molecular formula is C9H12BrNO3S2. The Hall–Kier alpha value is -0.240. The summed E-state index contributed by atoms with van der Waals surface area (Å²) in [5.74, 6) is -0.128. The van der Waals surface area contributed by atoms with E-state index in [2.05, 4.69) is 20.7 Å². The van der Waals surface area contributed by atoms with Crippen LogP contribution in [0.1, 0.15) is 20.3 Å². The van der Waals surface area contributed by atoms with Gasteiger partial charge < -0.3 is 0 Å². The van der Waals surface area contributed by atoms with Crippen molar-refractivity contribution >= 4 is 43.1 Å². The van der Waals surface area contributed by atoms with E-state index in [9.17, 15) is 13.2 Å². The fraction of sp³-hybridized carbons (Fsp3) is 0.444. The van der Waals surface area contributed by atoms with E-state index in [-0.39, 0.29) is 9.99 Å². The van der Waals surface area contributed by atoms with Gasteiger partial charge in [-0.05, 0) is 34.3 Å². The van der Waals surface area contributed by atoms with Gasteiger partial charge in [-0.25, -0.2) is 13.1 Å². The van der Waals surface area contributed by atoms with E-state index < -0.39 is 16.1 Å². The van der Waals surface area contributed by atoms with E-state index in [1.54, 1.807) is 25.3 Å². The molecule has 1 unspecified atom stereocenters. The average Bonchev–Trinajstić information content (AvgIpc) is 2.63. The summed E-state index contributed by atoms with van der Waals surface area (Å²) in [4.78, 5) is 11.3. The number of thiophene rings is 1. The molecule has 1 atom stereocenters. The van der Waals surface area contributed by atoms with E-state index in [1.807, 2.05) is 0 Å². The van der Waals surface area contributed by atoms with Crippen LogP contribution in [0.15, 0.2) is 20.1 Å². The number of nitrogens with one attached hydrogen (secondary N) is 1. The van der Waals surface area contributed by atoms with Crippen molar-refractivity contribution in [3.8, 4) is 0 Å². The number of halogens is 1. The number of rotatable bonds is 5. The molecule has 0 bridgehead atoms. The molecule has 0 amide bonds. The predicted octanol–water partition coefficient (Wildman–Crippen LogP) is 2.16. The lowest BCUT2D eigenvalue weighted by Gasteiger charge is -2.11. The number of ketones is 1. The molecule has 0 saturated carbocycles. The zero-order valence-corrected chi connectivity index (χ0v) is 12.1. The van der Waals surface area contributed by atoms with Crippen LogP contribution in [0.5, 0.6) is 0 Å². The Bertz CT molecular complexity index is 481. The van der Waals surface area contributed by atoms with Crippen LogP contribution in [0.2, 0.25) is 0 Å². The molecule has 1 rings (SSSR count). The molecule has 0 aliphatic heterocycles. The summed E-state index contributed by atoms with van der Waals surface area (Å²) in [6.07, 6.45) is 0.315. The van der Waals surface area contributed by atoms with Gasteiger partial charge in [0.1, 0.15) is 9.99 Å². The van der Waals surface area contributed by atoms with Crippen LogP contribution in [-0.2, 0) is 14.8 Å². The van der Waals surface area contributed by atoms with Gasteiger partial charge in [0, 0.05) is 10.9 Å². The minimum Gasteiger partial charge on any atom is -0.298 e. The molecular weight excluding hydrogens is 314 g/mol. The molecule has 0 aliphatic carbocycles. The van der Waals surface area contributed by atoms with Crippen molar-refractivity contribution in [3.63, 3.8) is 0 Å². The Morgan fingerprint density at radius 2 is 2.25 bits per heavy atom. The maximum Gasteiger partial charge on any atom is 0.251 e. The molecule has 16 heavy (non-hydrogen) atoms. The van der Waals surface area contributed by atoms with Crippen molar-refractivity contribution in [1.82, 2.24) is 4.72 Å². The van der Waals surface area contributed by atoms with Crippen molar-refractivity contribution in [2.75, 3.05) is 0 Å². The van der Waals surface area contributed by atoms with Gasteiger partial charge in [-0.2, -0.15) is 0 Å². The first kappa shape index (κ1) is 13.8. The van der Waals surface area contributed by atoms with Crippen LogP contribution in [0, 0.1) is 0 Å². The third kappa shape index (κ3) is 3.13. The van der Waals surface area contributed by atoms with Gasteiger partial charge in [0.2, 0.25) is 0 Å². The molecule has 1 aromatic rings. The zero-order chi connectivity index (χ0) is 12.3. The predicted molar refractivity (Wildman–Crippen MR) is 67.1 cm³/mol. The second-order valence-electron chi connectivity index (χ2n) is 3.22. The molecule has 1 N–H and O–H groups in total. The number of hydrogen-bond acceptors (Lipinski definition) is 4. The van der Waals surface area contributed by atoms with Gasteiger partial charge in [0.05, 0.1) is 6.04 Å². The lowest BCUT2D eigenvalue weighted by Crippen LogP contribution is -2.37. The lowest BCUT2D eigenvalue weighted by molar-refractivity contribution is -0.119. The summed E-state index contributed by atoms with van der Waals surface area (Å²) in [5, 5.41) is 1.67. The first-order chi connectivity index (χ1) is 7.38. The number of Topliss-reactive ketones (excluding diaryl/α,β-unsaturated/α-hetero) is 1. The molecule has 4 nitrogen and oxygen atoms in total. The molecule has 0 radical (unpaired) electrons. The first-order valence-electron chi connectivity index (χ1n) is 4.66. The van der Waals surface area contributed by atoms with Gasteiger partial charge in [0.15, 0.2) is 0 Å². The summed E-state index contributed by atoms with van der Waals surface area (Å²) in [6, 6.07) is 0.968. The third-order valence-electron chi connectivity index (χ3n) is 1.99. The maximum atomic E-state index is 11.9. The molecule has 1 heterocycles. The Balaban J connectivity index is 2.89. The standard InChI is InChI=1S/C9H12BrNO3S2/c1-3-8(12)6(2)11-16(13,14)9-7(10)4-5-15-9/h4-6,11H,3H2,1-2H3. The van der Waals surface area contributed by atoms with E-state index in [0.717, 1.165) is 11.3 Å². The second kappa shape index (κ2) is 5.39. The van der Waals surface area contributed by atoms with Gasteiger partial charge in [-0.1, -0.05) is 6.92 Å². The van der Waals surface area contributed by atoms with Gasteiger partial charge >= 0.3 is 0 Å². The smallest absolute Gasteiger partial charge is 0.251 e. The van der Waals surface area contributed by atoms with Gasteiger partial charge in [-0.15, -0.1) is 11.3 Å². The van der Waals surface area contributed by atoms with E-state index in [1.165, 1.54) is 0 Å². The average molecular weight is 326 g/mol. The number of carbonyl (C=O) groups is 1. The number of hydrogen-bond donors (Lipinski definition) is 1. The van der Waals surface area contributed by atoms with E-state index in [4.69, 9.17) is 0 Å². The Kier molecular flexibility index (Phi) is 4.66.